The summed E-state index contributed by atoms with van der Waals surface area (Å²) < 4.78 is 37.4. The first-order valence-corrected chi connectivity index (χ1v) is 5.14. The summed E-state index contributed by atoms with van der Waals surface area (Å²) in [5.74, 6) is 0. The molecule has 1 aromatic carbocycles. The number of benzene rings is 1. The van der Waals surface area contributed by atoms with Crippen LogP contribution >= 0.6 is 0 Å². The maximum atomic E-state index is 12.5. The monoisotopic (exact) mass is 280 g/mol. The Morgan fingerprint density at radius 1 is 1.42 bits per heavy atom. The molecule has 6 nitrogen and oxygen atoms in total. The first kappa shape index (κ1) is 15.2. The maximum Gasteiger partial charge on any atom is 0.416 e. The lowest BCUT2D eigenvalue weighted by Crippen LogP contribution is -2.23. The number of hydrogen-bond acceptors (Lipinski definition) is 5. The molecular weight excluding hydrogens is 269 g/mol. The van der Waals surface area contributed by atoms with E-state index < -0.39 is 35.1 Å². The van der Waals surface area contributed by atoms with E-state index in [1.165, 1.54) is 0 Å². The number of halogens is 3. The van der Waals surface area contributed by atoms with E-state index in [1.54, 1.807) is 0 Å². The molecular formula is C10H11F3N2O4. The van der Waals surface area contributed by atoms with Crippen LogP contribution in [0.4, 0.5) is 24.5 Å². The summed E-state index contributed by atoms with van der Waals surface area (Å²) in [5.41, 5.74) is -1.95. The van der Waals surface area contributed by atoms with Crippen LogP contribution in [0.15, 0.2) is 18.2 Å². The van der Waals surface area contributed by atoms with Gasteiger partial charge in [0.25, 0.3) is 5.69 Å². The van der Waals surface area contributed by atoms with Gasteiger partial charge in [0.1, 0.15) is 5.69 Å². The van der Waals surface area contributed by atoms with Gasteiger partial charge in [-0.1, -0.05) is 0 Å². The number of hydrogen-bond donors (Lipinski definition) is 3. The Kier molecular flexibility index (Phi) is 4.67. The Labute approximate surface area is 105 Å². The minimum Gasteiger partial charge on any atom is -0.394 e. The molecule has 0 amide bonds. The van der Waals surface area contributed by atoms with Gasteiger partial charge < -0.3 is 15.5 Å². The average molecular weight is 280 g/mol. The highest BCUT2D eigenvalue weighted by Gasteiger charge is 2.32. The third-order valence-electron chi connectivity index (χ3n) is 2.26. The molecule has 0 saturated heterocycles. The summed E-state index contributed by atoms with van der Waals surface area (Å²) in [7, 11) is 0. The van der Waals surface area contributed by atoms with E-state index in [4.69, 9.17) is 10.2 Å². The Balaban J connectivity index is 3.06. The van der Waals surface area contributed by atoms with Crippen molar-refractivity contribution in [2.45, 2.75) is 12.3 Å². The van der Waals surface area contributed by atoms with Gasteiger partial charge in [0, 0.05) is 12.6 Å². The summed E-state index contributed by atoms with van der Waals surface area (Å²) in [5, 5.41) is 30.6. The summed E-state index contributed by atoms with van der Waals surface area (Å²) in [6, 6.07) is 1.92. The number of aliphatic hydroxyl groups excluding tert-OH is 2. The van der Waals surface area contributed by atoms with E-state index in [0.717, 1.165) is 6.07 Å². The summed E-state index contributed by atoms with van der Waals surface area (Å²) in [6.07, 6.45) is -5.85. The SMILES string of the molecule is O=[N+]([O-])c1ccc(C(F)(F)F)cc1NCC(O)CO. The van der Waals surface area contributed by atoms with Gasteiger partial charge in [0.15, 0.2) is 0 Å². The highest BCUT2D eigenvalue weighted by Crippen LogP contribution is 2.34. The first-order chi connectivity index (χ1) is 8.75. The highest BCUT2D eigenvalue weighted by atomic mass is 19.4. The van der Waals surface area contributed by atoms with Crippen LogP contribution in [0.5, 0.6) is 0 Å². The highest BCUT2D eigenvalue weighted by molar-refractivity contribution is 5.63. The number of rotatable bonds is 5. The van der Waals surface area contributed by atoms with Gasteiger partial charge in [0.05, 0.1) is 23.2 Å². The van der Waals surface area contributed by atoms with Gasteiger partial charge in [-0.25, -0.2) is 0 Å². The van der Waals surface area contributed by atoms with Crippen molar-refractivity contribution in [3.8, 4) is 0 Å². The second-order valence-corrected chi connectivity index (χ2v) is 3.70. The van der Waals surface area contributed by atoms with Crippen LogP contribution in [-0.2, 0) is 6.18 Å². The van der Waals surface area contributed by atoms with E-state index in [9.17, 15) is 23.3 Å². The smallest absolute Gasteiger partial charge is 0.394 e. The topological polar surface area (TPSA) is 95.6 Å². The third-order valence-corrected chi connectivity index (χ3v) is 2.26. The van der Waals surface area contributed by atoms with Crippen molar-refractivity contribution < 1.29 is 28.3 Å². The van der Waals surface area contributed by atoms with Crippen LogP contribution < -0.4 is 5.32 Å². The molecule has 19 heavy (non-hydrogen) atoms. The minimum absolute atomic E-state index is 0.307. The van der Waals surface area contributed by atoms with Crippen molar-refractivity contribution in [3.63, 3.8) is 0 Å². The first-order valence-electron chi connectivity index (χ1n) is 5.14. The molecule has 0 heterocycles. The molecule has 0 aliphatic carbocycles. The number of aliphatic hydroxyl groups is 2. The second-order valence-electron chi connectivity index (χ2n) is 3.70. The standard InChI is InChI=1S/C10H11F3N2O4/c11-10(12,13)6-1-2-9(15(18)19)8(3-6)14-4-7(17)5-16/h1-3,7,14,16-17H,4-5H2. The Morgan fingerprint density at radius 2 is 2.05 bits per heavy atom. The molecule has 0 fully saturated rings. The number of nitrogens with zero attached hydrogens (tertiary/aromatic N) is 1. The van der Waals surface area contributed by atoms with Crippen LogP contribution in [-0.4, -0.2) is 34.4 Å². The molecule has 0 spiro atoms. The summed E-state index contributed by atoms with van der Waals surface area (Å²) in [4.78, 5) is 9.83. The molecule has 9 heteroatoms. The van der Waals surface area contributed by atoms with Gasteiger partial charge in [-0.05, 0) is 12.1 Å². The van der Waals surface area contributed by atoms with E-state index in [1.807, 2.05) is 0 Å². The molecule has 1 aromatic rings. The normalized spacial score (nSPS) is 13.1. The van der Waals surface area contributed by atoms with Crippen LogP contribution in [0.25, 0.3) is 0 Å². The lowest BCUT2D eigenvalue weighted by Gasteiger charge is -2.13. The zero-order chi connectivity index (χ0) is 14.6. The Morgan fingerprint density at radius 3 is 2.53 bits per heavy atom. The fourth-order valence-electron chi connectivity index (χ4n) is 1.31. The van der Waals surface area contributed by atoms with Crippen LogP contribution in [0.2, 0.25) is 0 Å². The second kappa shape index (κ2) is 5.85. The molecule has 0 saturated carbocycles. The summed E-state index contributed by atoms with van der Waals surface area (Å²) >= 11 is 0. The molecule has 0 aromatic heterocycles. The number of nitro benzene ring substituents is 1. The van der Waals surface area contributed by atoms with Gasteiger partial charge in [-0.15, -0.1) is 0 Å². The third kappa shape index (κ3) is 4.07. The maximum absolute atomic E-state index is 12.5. The zero-order valence-corrected chi connectivity index (χ0v) is 9.52. The van der Waals surface area contributed by atoms with Gasteiger partial charge in [0.2, 0.25) is 0 Å². The lowest BCUT2D eigenvalue weighted by molar-refractivity contribution is -0.384. The fraction of sp³-hybridized carbons (Fsp3) is 0.400. The number of anilines is 1. The molecule has 0 aliphatic rings. The van der Waals surface area contributed by atoms with Gasteiger partial charge in [-0.3, -0.25) is 10.1 Å². The molecule has 0 aliphatic heterocycles. The van der Waals surface area contributed by atoms with E-state index >= 15 is 0 Å². The van der Waals surface area contributed by atoms with E-state index in [0.29, 0.717) is 12.1 Å². The average Bonchev–Trinajstić information content (AvgIpc) is 2.34. The summed E-state index contributed by atoms with van der Waals surface area (Å²) in [6.45, 7) is -0.918. The predicted molar refractivity (Wildman–Crippen MR) is 59.7 cm³/mol. The molecule has 0 bridgehead atoms. The van der Waals surface area contributed by atoms with E-state index in [2.05, 4.69) is 5.32 Å². The van der Waals surface area contributed by atoms with Gasteiger partial charge in [-0.2, -0.15) is 13.2 Å². The van der Waals surface area contributed by atoms with Crippen molar-refractivity contribution >= 4 is 11.4 Å². The Hall–Kier alpha value is -1.87. The minimum atomic E-state index is -4.62. The van der Waals surface area contributed by atoms with Crippen molar-refractivity contribution in [2.75, 3.05) is 18.5 Å². The predicted octanol–water partition coefficient (Wildman–Crippen LogP) is 1.38. The van der Waals surface area contributed by atoms with Crippen molar-refractivity contribution in [2.24, 2.45) is 0 Å². The molecule has 1 unspecified atom stereocenters. The zero-order valence-electron chi connectivity index (χ0n) is 9.52. The van der Waals surface area contributed by atoms with Crippen LogP contribution in [0.3, 0.4) is 0 Å². The van der Waals surface area contributed by atoms with Gasteiger partial charge >= 0.3 is 6.18 Å². The van der Waals surface area contributed by atoms with Crippen LogP contribution in [0, 0.1) is 10.1 Å². The molecule has 106 valence electrons. The van der Waals surface area contributed by atoms with Crippen molar-refractivity contribution in [3.05, 3.63) is 33.9 Å². The lowest BCUT2D eigenvalue weighted by atomic mass is 10.1. The number of nitrogens with one attached hydrogen (secondary N) is 1. The Bertz CT molecular complexity index is 465. The molecule has 3 N–H and O–H groups in total. The fourth-order valence-corrected chi connectivity index (χ4v) is 1.31. The number of nitro groups is 1. The van der Waals surface area contributed by atoms with Crippen LogP contribution in [0.1, 0.15) is 5.56 Å². The molecule has 0 radical (unpaired) electrons. The van der Waals surface area contributed by atoms with Crippen molar-refractivity contribution in [1.29, 1.82) is 0 Å². The quantitative estimate of drug-likeness (QED) is 0.559. The molecule has 1 rings (SSSR count). The number of alkyl halides is 3. The molecule has 1 atom stereocenters. The van der Waals surface area contributed by atoms with E-state index in [-0.39, 0.29) is 12.2 Å². The largest absolute Gasteiger partial charge is 0.416 e. The van der Waals surface area contributed by atoms with Crippen molar-refractivity contribution in [1.82, 2.24) is 0 Å².